The number of aromatic hydroxyl groups is 1. The van der Waals surface area contributed by atoms with Crippen molar-refractivity contribution >= 4 is 11.9 Å². The van der Waals surface area contributed by atoms with E-state index in [0.29, 0.717) is 11.4 Å². The number of phenols is 1. The van der Waals surface area contributed by atoms with Gasteiger partial charge < -0.3 is 24.1 Å². The molecule has 3 aromatic rings. The molecule has 156 valence electrons. The molecular weight excluding hydrogens is 392 g/mol. The second-order valence-corrected chi connectivity index (χ2v) is 6.03. The van der Waals surface area contributed by atoms with Gasteiger partial charge in [0.25, 0.3) is 0 Å². The van der Waals surface area contributed by atoms with Crippen LogP contribution < -0.4 is 9.47 Å². The molecule has 9 heteroatoms. The Morgan fingerprint density at radius 2 is 1.60 bits per heavy atom. The summed E-state index contributed by atoms with van der Waals surface area (Å²) in [7, 11) is 5.19. The van der Waals surface area contributed by atoms with Gasteiger partial charge in [-0.25, -0.2) is 14.3 Å². The molecule has 0 atom stereocenters. The smallest absolute Gasteiger partial charge is 0.357 e. The van der Waals surface area contributed by atoms with E-state index in [1.807, 2.05) is 0 Å². The molecule has 0 aliphatic carbocycles. The fourth-order valence-corrected chi connectivity index (χ4v) is 2.98. The number of hydrogen-bond acceptors (Lipinski definition) is 8. The van der Waals surface area contributed by atoms with Gasteiger partial charge in [0.2, 0.25) is 0 Å². The minimum absolute atomic E-state index is 0.000744. The zero-order valence-corrected chi connectivity index (χ0v) is 16.8. The van der Waals surface area contributed by atoms with E-state index in [4.69, 9.17) is 18.9 Å². The van der Waals surface area contributed by atoms with Gasteiger partial charge >= 0.3 is 11.9 Å². The van der Waals surface area contributed by atoms with Crippen molar-refractivity contribution in [3.8, 4) is 34.2 Å². The zero-order valence-electron chi connectivity index (χ0n) is 16.8. The van der Waals surface area contributed by atoms with Crippen LogP contribution in [0.15, 0.2) is 42.5 Å². The van der Waals surface area contributed by atoms with Gasteiger partial charge in [0.15, 0.2) is 17.2 Å². The van der Waals surface area contributed by atoms with Crippen LogP contribution in [0.5, 0.6) is 17.2 Å². The molecule has 0 radical (unpaired) electrons. The fraction of sp³-hybridized carbons (Fsp3) is 0.190. The summed E-state index contributed by atoms with van der Waals surface area (Å²) in [6.45, 7) is 0. The Bertz CT molecular complexity index is 1090. The summed E-state index contributed by atoms with van der Waals surface area (Å²) in [6, 6.07) is 11.7. The second-order valence-electron chi connectivity index (χ2n) is 6.03. The molecule has 3 rings (SSSR count). The van der Waals surface area contributed by atoms with Gasteiger partial charge in [-0.3, -0.25) is 0 Å². The van der Waals surface area contributed by atoms with Gasteiger partial charge in [-0.2, -0.15) is 5.10 Å². The van der Waals surface area contributed by atoms with Crippen LogP contribution in [0.4, 0.5) is 0 Å². The van der Waals surface area contributed by atoms with Crippen molar-refractivity contribution in [1.82, 2.24) is 9.78 Å². The fourth-order valence-electron chi connectivity index (χ4n) is 2.98. The topological polar surface area (TPSA) is 109 Å². The van der Waals surface area contributed by atoms with E-state index in [9.17, 15) is 14.7 Å². The van der Waals surface area contributed by atoms with Gasteiger partial charge in [0.05, 0.1) is 39.7 Å². The predicted octanol–water partition coefficient (Wildman–Crippen LogP) is 2.84. The molecule has 1 N–H and O–H groups in total. The first-order chi connectivity index (χ1) is 14.5. The molecule has 9 nitrogen and oxygen atoms in total. The average Bonchev–Trinajstić information content (AvgIpc) is 3.19. The summed E-state index contributed by atoms with van der Waals surface area (Å²) in [6.07, 6.45) is 0. The van der Waals surface area contributed by atoms with E-state index >= 15 is 0 Å². The Kier molecular flexibility index (Phi) is 5.91. The van der Waals surface area contributed by atoms with Crippen molar-refractivity contribution in [2.45, 2.75) is 0 Å². The van der Waals surface area contributed by atoms with Crippen molar-refractivity contribution in [3.63, 3.8) is 0 Å². The third kappa shape index (κ3) is 3.52. The van der Waals surface area contributed by atoms with E-state index < -0.39 is 11.9 Å². The summed E-state index contributed by atoms with van der Waals surface area (Å²) in [4.78, 5) is 25.3. The lowest BCUT2D eigenvalue weighted by atomic mass is 10.0. The largest absolute Gasteiger partial charge is 0.504 e. The molecule has 30 heavy (non-hydrogen) atoms. The number of phenolic OH excluding ortho intramolecular Hbond substituents is 1. The molecule has 1 heterocycles. The third-order valence-electron chi connectivity index (χ3n) is 4.41. The number of aromatic nitrogens is 2. The Hall–Kier alpha value is -4.01. The monoisotopic (exact) mass is 412 g/mol. The van der Waals surface area contributed by atoms with E-state index in [0.717, 1.165) is 0 Å². The van der Waals surface area contributed by atoms with Crippen molar-refractivity contribution in [3.05, 3.63) is 53.7 Å². The zero-order chi connectivity index (χ0) is 21.8. The summed E-state index contributed by atoms with van der Waals surface area (Å²) < 4.78 is 21.5. The van der Waals surface area contributed by atoms with Crippen LogP contribution in [0.3, 0.4) is 0 Å². The summed E-state index contributed by atoms with van der Waals surface area (Å²) in [5.41, 5.74) is 0.307. The van der Waals surface area contributed by atoms with Gasteiger partial charge in [-0.1, -0.05) is 18.2 Å². The summed E-state index contributed by atoms with van der Waals surface area (Å²) in [5.74, 6) is -1.45. The van der Waals surface area contributed by atoms with Crippen LogP contribution >= 0.6 is 0 Å². The summed E-state index contributed by atoms with van der Waals surface area (Å²) >= 11 is 0. The molecule has 0 aliphatic heterocycles. The molecule has 1 aromatic heterocycles. The van der Waals surface area contributed by atoms with Crippen molar-refractivity contribution in [2.75, 3.05) is 28.4 Å². The summed E-state index contributed by atoms with van der Waals surface area (Å²) in [5, 5.41) is 15.2. The lowest BCUT2D eigenvalue weighted by Gasteiger charge is -2.11. The Morgan fingerprint density at radius 3 is 2.17 bits per heavy atom. The number of esters is 2. The van der Waals surface area contributed by atoms with Crippen LogP contribution in [0.1, 0.15) is 20.8 Å². The normalized spacial score (nSPS) is 10.4. The van der Waals surface area contributed by atoms with Crippen LogP contribution in [0, 0.1) is 0 Å². The van der Waals surface area contributed by atoms with Gasteiger partial charge in [0, 0.05) is 6.07 Å². The van der Waals surface area contributed by atoms with Gasteiger partial charge in [-0.15, -0.1) is 0 Å². The first kappa shape index (κ1) is 20.7. The SMILES string of the molecule is COC(=O)c1c(-c2cc(OC)cc(OC)c2O)nn(-c2ccccc2)c1C(=O)OC. The lowest BCUT2D eigenvalue weighted by molar-refractivity contribution is 0.0549. The van der Waals surface area contributed by atoms with E-state index in [1.165, 1.54) is 45.3 Å². The molecule has 0 fully saturated rings. The molecule has 0 unspecified atom stereocenters. The maximum Gasteiger partial charge on any atom is 0.357 e. The molecule has 0 aliphatic rings. The minimum Gasteiger partial charge on any atom is -0.504 e. The van der Waals surface area contributed by atoms with Crippen molar-refractivity contribution < 1.29 is 33.6 Å². The number of ether oxygens (including phenoxy) is 4. The van der Waals surface area contributed by atoms with Gasteiger partial charge in [-0.05, 0) is 18.2 Å². The molecule has 0 saturated carbocycles. The number of benzene rings is 2. The highest BCUT2D eigenvalue weighted by Gasteiger charge is 2.33. The van der Waals surface area contributed by atoms with Crippen LogP contribution in [-0.2, 0) is 9.47 Å². The molecule has 0 spiro atoms. The highest BCUT2D eigenvalue weighted by molar-refractivity contribution is 6.07. The third-order valence-corrected chi connectivity index (χ3v) is 4.41. The molecule has 0 amide bonds. The van der Waals surface area contributed by atoms with E-state index in [1.54, 1.807) is 30.3 Å². The number of rotatable bonds is 6. The van der Waals surface area contributed by atoms with Gasteiger partial charge in [0.1, 0.15) is 17.0 Å². The number of para-hydroxylation sites is 1. The quantitative estimate of drug-likeness (QED) is 0.616. The highest BCUT2D eigenvalue weighted by atomic mass is 16.5. The first-order valence-corrected chi connectivity index (χ1v) is 8.77. The average molecular weight is 412 g/mol. The Balaban J connectivity index is 2.43. The molecule has 2 aromatic carbocycles. The van der Waals surface area contributed by atoms with Crippen LogP contribution in [-0.4, -0.2) is 55.3 Å². The second kappa shape index (κ2) is 8.56. The number of carbonyl (C=O) groups excluding carboxylic acids is 2. The predicted molar refractivity (Wildman–Crippen MR) is 106 cm³/mol. The highest BCUT2D eigenvalue weighted by Crippen LogP contribution is 2.42. The number of nitrogens with zero attached hydrogens (tertiary/aromatic N) is 2. The number of methoxy groups -OCH3 is 4. The van der Waals surface area contributed by atoms with Crippen LogP contribution in [0.25, 0.3) is 16.9 Å². The Labute approximate surface area is 172 Å². The first-order valence-electron chi connectivity index (χ1n) is 8.77. The number of hydrogen-bond donors (Lipinski definition) is 1. The standard InChI is InChI=1S/C21H20N2O7/c1-27-13-10-14(19(24)15(11-13)28-2)17-16(20(25)29-3)18(21(26)30-4)23(22-17)12-8-6-5-7-9-12/h5-11,24H,1-4H3. The van der Waals surface area contributed by atoms with E-state index in [2.05, 4.69) is 5.10 Å². The maximum absolute atomic E-state index is 12.7. The maximum atomic E-state index is 12.7. The number of carbonyl (C=O) groups is 2. The molecular formula is C21H20N2O7. The van der Waals surface area contributed by atoms with E-state index in [-0.39, 0.29) is 34.0 Å². The molecule has 0 bridgehead atoms. The Morgan fingerprint density at radius 1 is 0.933 bits per heavy atom. The molecule has 0 saturated heterocycles. The van der Waals surface area contributed by atoms with Crippen molar-refractivity contribution in [2.24, 2.45) is 0 Å². The van der Waals surface area contributed by atoms with Crippen molar-refractivity contribution in [1.29, 1.82) is 0 Å². The van der Waals surface area contributed by atoms with Crippen LogP contribution in [0.2, 0.25) is 0 Å². The minimum atomic E-state index is -0.825. The lowest BCUT2D eigenvalue weighted by Crippen LogP contribution is -2.15.